The average Bonchev–Trinajstić information content (AvgIpc) is 2.83. The van der Waals surface area contributed by atoms with Gasteiger partial charge in [0.2, 0.25) is 10.0 Å². The van der Waals surface area contributed by atoms with Crippen LogP contribution in [-0.4, -0.2) is 49.2 Å². The number of carbonyl (C=O) groups is 1. The number of benzene rings is 3. The maximum absolute atomic E-state index is 13.4. The van der Waals surface area contributed by atoms with Gasteiger partial charge in [-0.3, -0.25) is 0 Å². The Kier molecular flexibility index (Phi) is 9.15. The van der Waals surface area contributed by atoms with Gasteiger partial charge in [-0.1, -0.05) is 49.4 Å². The Morgan fingerprint density at radius 3 is 2.38 bits per heavy atom. The quantitative estimate of drug-likeness (QED) is 0.340. The van der Waals surface area contributed by atoms with E-state index in [1.54, 1.807) is 40.3 Å². The van der Waals surface area contributed by atoms with Crippen LogP contribution in [0.15, 0.2) is 82.6 Å². The van der Waals surface area contributed by atoms with E-state index in [1.807, 2.05) is 62.4 Å². The zero-order valence-electron chi connectivity index (χ0n) is 19.3. The summed E-state index contributed by atoms with van der Waals surface area (Å²) >= 11 is 1.56. The van der Waals surface area contributed by atoms with Gasteiger partial charge in [0, 0.05) is 23.7 Å². The summed E-state index contributed by atoms with van der Waals surface area (Å²) in [6, 6.07) is 22.3. The van der Waals surface area contributed by atoms with Gasteiger partial charge in [0.1, 0.15) is 5.75 Å². The molecule has 0 saturated heterocycles. The first-order valence-corrected chi connectivity index (χ1v) is 13.5. The highest BCUT2D eigenvalue weighted by atomic mass is 32.2. The molecule has 3 aromatic carbocycles. The number of sulfonamides is 1. The molecule has 1 N–H and O–H groups in total. The molecule has 8 heteroatoms. The largest absolute Gasteiger partial charge is 0.482 e. The van der Waals surface area contributed by atoms with Crippen molar-refractivity contribution in [1.82, 2.24) is 4.31 Å². The third-order valence-electron chi connectivity index (χ3n) is 5.16. The van der Waals surface area contributed by atoms with Gasteiger partial charge < -0.3 is 9.84 Å². The van der Waals surface area contributed by atoms with Gasteiger partial charge in [0.15, 0.2) is 6.61 Å². The van der Waals surface area contributed by atoms with Crippen molar-refractivity contribution in [3.63, 3.8) is 0 Å². The van der Waals surface area contributed by atoms with Gasteiger partial charge in [-0.15, -0.1) is 11.8 Å². The number of aliphatic carboxylic acids is 1. The molecule has 0 radical (unpaired) electrons. The van der Waals surface area contributed by atoms with E-state index in [4.69, 9.17) is 9.84 Å². The molecular formula is C26H29NO5S2. The molecule has 0 saturated carbocycles. The molecular weight excluding hydrogens is 470 g/mol. The fraction of sp³-hybridized carbons (Fsp3) is 0.269. The molecule has 3 aromatic rings. The maximum atomic E-state index is 13.4. The van der Waals surface area contributed by atoms with Crippen LogP contribution in [0.4, 0.5) is 0 Å². The Hall–Kier alpha value is -2.81. The molecule has 0 unspecified atom stereocenters. The summed E-state index contributed by atoms with van der Waals surface area (Å²) < 4.78 is 33.7. The molecule has 0 atom stereocenters. The first kappa shape index (κ1) is 25.8. The lowest BCUT2D eigenvalue weighted by atomic mass is 10.1. The first-order chi connectivity index (χ1) is 16.3. The summed E-state index contributed by atoms with van der Waals surface area (Å²) in [5, 5.41) is 8.77. The van der Waals surface area contributed by atoms with Crippen molar-refractivity contribution in [1.29, 1.82) is 0 Å². The number of ether oxygens (including phenoxy) is 1. The molecule has 0 aliphatic carbocycles. The molecule has 0 bridgehead atoms. The zero-order chi connectivity index (χ0) is 24.6. The third-order valence-corrected chi connectivity index (χ3v) is 8.03. The second-order valence-electron chi connectivity index (χ2n) is 7.76. The third kappa shape index (κ3) is 6.85. The second-order valence-corrected chi connectivity index (χ2v) is 10.9. The Bertz CT molecular complexity index is 1210. The number of nitrogens with zero attached hydrogens (tertiary/aromatic N) is 1. The van der Waals surface area contributed by atoms with Gasteiger partial charge in [-0.25, -0.2) is 13.2 Å². The standard InChI is InChI=1S/C26H29NO5S2/c1-3-14-27(15-16-33-23-12-13-25(20(2)17-23)32-19-26(28)29)34(30,31)24-11-7-10-22(18-24)21-8-5-4-6-9-21/h4-13,17-18H,3,14-16,19H2,1-2H3,(H,28,29). The topological polar surface area (TPSA) is 83.9 Å². The van der Waals surface area contributed by atoms with Crippen LogP contribution < -0.4 is 4.74 Å². The fourth-order valence-corrected chi connectivity index (χ4v) is 6.16. The van der Waals surface area contributed by atoms with Crippen molar-refractivity contribution in [2.45, 2.75) is 30.1 Å². The molecule has 0 heterocycles. The zero-order valence-corrected chi connectivity index (χ0v) is 20.9. The molecule has 0 aliphatic rings. The van der Waals surface area contributed by atoms with E-state index in [-0.39, 0.29) is 6.61 Å². The maximum Gasteiger partial charge on any atom is 0.341 e. The number of rotatable bonds is 12. The van der Waals surface area contributed by atoms with Crippen molar-refractivity contribution >= 4 is 27.8 Å². The van der Waals surface area contributed by atoms with Crippen LogP contribution in [-0.2, 0) is 14.8 Å². The predicted octanol–water partition coefficient (Wildman–Crippen LogP) is 5.32. The highest BCUT2D eigenvalue weighted by Crippen LogP contribution is 2.27. The Morgan fingerprint density at radius 2 is 1.71 bits per heavy atom. The van der Waals surface area contributed by atoms with Crippen LogP contribution in [0.1, 0.15) is 18.9 Å². The lowest BCUT2D eigenvalue weighted by Crippen LogP contribution is -2.33. The molecule has 6 nitrogen and oxygen atoms in total. The Labute approximate surface area is 205 Å². The summed E-state index contributed by atoms with van der Waals surface area (Å²) in [5.41, 5.74) is 2.68. The van der Waals surface area contributed by atoms with Crippen LogP contribution in [0.25, 0.3) is 11.1 Å². The number of carboxylic acid groups (broad SMARTS) is 1. The van der Waals surface area contributed by atoms with Crippen molar-refractivity contribution in [2.75, 3.05) is 25.4 Å². The number of hydrogen-bond acceptors (Lipinski definition) is 5. The second kappa shape index (κ2) is 12.1. The van der Waals surface area contributed by atoms with E-state index in [9.17, 15) is 13.2 Å². The van der Waals surface area contributed by atoms with Gasteiger partial charge in [-0.05, 0) is 60.4 Å². The number of hydrogen-bond donors (Lipinski definition) is 1. The number of carboxylic acids is 1. The predicted molar refractivity (Wildman–Crippen MR) is 136 cm³/mol. The van der Waals surface area contributed by atoms with Crippen LogP contribution >= 0.6 is 11.8 Å². The molecule has 0 spiro atoms. The summed E-state index contributed by atoms with van der Waals surface area (Å²) in [7, 11) is -3.63. The molecule has 0 fully saturated rings. The Morgan fingerprint density at radius 1 is 0.971 bits per heavy atom. The summed E-state index contributed by atoms with van der Waals surface area (Å²) in [6.07, 6.45) is 0.719. The average molecular weight is 500 g/mol. The molecule has 3 rings (SSSR count). The smallest absolute Gasteiger partial charge is 0.341 e. The minimum Gasteiger partial charge on any atom is -0.482 e. The van der Waals surface area contributed by atoms with Crippen molar-refractivity contribution in [2.24, 2.45) is 0 Å². The highest BCUT2D eigenvalue weighted by molar-refractivity contribution is 7.99. The number of thioether (sulfide) groups is 1. The van der Waals surface area contributed by atoms with Crippen LogP contribution in [0, 0.1) is 6.92 Å². The first-order valence-electron chi connectivity index (χ1n) is 11.0. The summed E-state index contributed by atoms with van der Waals surface area (Å²) in [4.78, 5) is 12.0. The van der Waals surface area contributed by atoms with Crippen LogP contribution in [0.2, 0.25) is 0 Å². The molecule has 0 amide bonds. The van der Waals surface area contributed by atoms with E-state index in [1.165, 1.54) is 0 Å². The van der Waals surface area contributed by atoms with Crippen LogP contribution in [0.5, 0.6) is 5.75 Å². The van der Waals surface area contributed by atoms with E-state index >= 15 is 0 Å². The monoisotopic (exact) mass is 499 g/mol. The van der Waals surface area contributed by atoms with E-state index in [0.717, 1.165) is 28.0 Å². The van der Waals surface area contributed by atoms with E-state index in [0.29, 0.717) is 29.5 Å². The van der Waals surface area contributed by atoms with Gasteiger partial charge in [0.25, 0.3) is 0 Å². The lowest BCUT2D eigenvalue weighted by Gasteiger charge is -2.22. The summed E-state index contributed by atoms with van der Waals surface area (Å²) in [5.74, 6) is 0.0939. The molecule has 0 aromatic heterocycles. The molecule has 34 heavy (non-hydrogen) atoms. The fourth-order valence-electron chi connectivity index (χ4n) is 3.50. The van der Waals surface area contributed by atoms with Crippen molar-refractivity contribution in [3.8, 4) is 16.9 Å². The highest BCUT2D eigenvalue weighted by Gasteiger charge is 2.24. The van der Waals surface area contributed by atoms with Gasteiger partial charge in [-0.2, -0.15) is 4.31 Å². The van der Waals surface area contributed by atoms with E-state index in [2.05, 4.69) is 0 Å². The van der Waals surface area contributed by atoms with E-state index < -0.39 is 16.0 Å². The van der Waals surface area contributed by atoms with Crippen LogP contribution in [0.3, 0.4) is 0 Å². The lowest BCUT2D eigenvalue weighted by molar-refractivity contribution is -0.139. The molecule has 0 aliphatic heterocycles. The SMILES string of the molecule is CCCN(CCSc1ccc(OCC(=O)O)c(C)c1)S(=O)(=O)c1cccc(-c2ccccc2)c1. The van der Waals surface area contributed by atoms with Gasteiger partial charge >= 0.3 is 5.97 Å². The van der Waals surface area contributed by atoms with Gasteiger partial charge in [0.05, 0.1) is 4.90 Å². The normalized spacial score (nSPS) is 11.5. The van der Waals surface area contributed by atoms with Crippen molar-refractivity contribution in [3.05, 3.63) is 78.4 Å². The minimum atomic E-state index is -3.63. The molecule has 180 valence electrons. The minimum absolute atomic E-state index is 0.295. The Balaban J connectivity index is 1.69. The summed E-state index contributed by atoms with van der Waals surface area (Å²) in [6.45, 7) is 4.26. The van der Waals surface area contributed by atoms with Crippen molar-refractivity contribution < 1.29 is 23.1 Å². The number of aryl methyl sites for hydroxylation is 1.